The quantitative estimate of drug-likeness (QED) is 0.877. The van der Waals surface area contributed by atoms with E-state index >= 15 is 0 Å². The minimum Gasteiger partial charge on any atom is -0.352 e. The molecule has 2 aromatic rings. The molecule has 3 rings (SSSR count). The maximum atomic E-state index is 12.2. The molecule has 1 N–H and O–H groups in total. The van der Waals surface area contributed by atoms with Crippen molar-refractivity contribution in [3.05, 3.63) is 58.6 Å². The Morgan fingerprint density at radius 2 is 1.96 bits per heavy atom. The number of aromatic nitrogens is 2. The summed E-state index contributed by atoms with van der Waals surface area (Å²) >= 11 is 0. The SMILES string of the molecule is C[C@@H](CCc1ccccc1)NC1CCN(c2nccn(C)c2=O)CC1. The van der Waals surface area contributed by atoms with Gasteiger partial charge in [-0.25, -0.2) is 4.98 Å². The number of nitrogens with one attached hydrogen (secondary N) is 1. The molecular weight excluding hydrogens is 312 g/mol. The van der Waals surface area contributed by atoms with Crippen LogP contribution < -0.4 is 15.8 Å². The van der Waals surface area contributed by atoms with Crippen molar-refractivity contribution in [3.63, 3.8) is 0 Å². The predicted molar refractivity (Wildman–Crippen MR) is 102 cm³/mol. The van der Waals surface area contributed by atoms with Gasteiger partial charge in [0.2, 0.25) is 0 Å². The van der Waals surface area contributed by atoms with Crippen LogP contribution in [0.3, 0.4) is 0 Å². The van der Waals surface area contributed by atoms with E-state index in [-0.39, 0.29) is 5.56 Å². The van der Waals surface area contributed by atoms with Gasteiger partial charge < -0.3 is 14.8 Å². The molecule has 0 saturated carbocycles. The van der Waals surface area contributed by atoms with Crippen molar-refractivity contribution in [1.29, 1.82) is 0 Å². The zero-order valence-electron chi connectivity index (χ0n) is 15.2. The van der Waals surface area contributed by atoms with Gasteiger partial charge in [-0.05, 0) is 38.2 Å². The molecule has 0 spiro atoms. The second-order valence-corrected chi connectivity index (χ2v) is 7.02. The summed E-state index contributed by atoms with van der Waals surface area (Å²) in [5.74, 6) is 0.584. The van der Waals surface area contributed by atoms with Crippen LogP contribution in [0.5, 0.6) is 0 Å². The summed E-state index contributed by atoms with van der Waals surface area (Å²) in [6.45, 7) is 4.04. The second-order valence-electron chi connectivity index (χ2n) is 7.02. The smallest absolute Gasteiger partial charge is 0.293 e. The Bertz CT molecular complexity index is 720. The van der Waals surface area contributed by atoms with E-state index in [4.69, 9.17) is 0 Å². The van der Waals surface area contributed by atoms with Gasteiger partial charge in [-0.2, -0.15) is 0 Å². The van der Waals surface area contributed by atoms with E-state index < -0.39 is 0 Å². The summed E-state index contributed by atoms with van der Waals surface area (Å²) in [5, 5.41) is 3.76. The molecular formula is C20H28N4O. The number of piperidine rings is 1. The molecule has 0 radical (unpaired) electrons. The third kappa shape index (κ3) is 4.69. The number of hydrogen-bond donors (Lipinski definition) is 1. The van der Waals surface area contributed by atoms with Crippen LogP contribution in [-0.4, -0.2) is 34.7 Å². The van der Waals surface area contributed by atoms with Crippen LogP contribution in [0.1, 0.15) is 31.7 Å². The Morgan fingerprint density at radius 1 is 1.24 bits per heavy atom. The fourth-order valence-electron chi connectivity index (χ4n) is 3.47. The molecule has 25 heavy (non-hydrogen) atoms. The van der Waals surface area contributed by atoms with Gasteiger partial charge in [-0.15, -0.1) is 0 Å². The third-order valence-corrected chi connectivity index (χ3v) is 5.02. The summed E-state index contributed by atoms with van der Waals surface area (Å²) in [6, 6.07) is 11.7. The van der Waals surface area contributed by atoms with Crippen LogP contribution in [0.2, 0.25) is 0 Å². The summed E-state index contributed by atoms with van der Waals surface area (Å²) in [7, 11) is 1.77. The molecule has 1 aromatic heterocycles. The summed E-state index contributed by atoms with van der Waals surface area (Å²) in [6.07, 6.45) is 7.76. The van der Waals surface area contributed by atoms with Gasteiger partial charge in [0, 0.05) is 44.6 Å². The van der Waals surface area contributed by atoms with Crippen LogP contribution in [0.15, 0.2) is 47.5 Å². The molecule has 2 heterocycles. The maximum Gasteiger partial charge on any atom is 0.293 e. The molecule has 1 aromatic carbocycles. The Balaban J connectivity index is 1.46. The van der Waals surface area contributed by atoms with Crippen molar-refractivity contribution in [2.75, 3.05) is 18.0 Å². The van der Waals surface area contributed by atoms with Crippen LogP contribution >= 0.6 is 0 Å². The lowest BCUT2D eigenvalue weighted by atomic mass is 10.0. The first-order valence-corrected chi connectivity index (χ1v) is 9.20. The average molecular weight is 340 g/mol. The highest BCUT2D eigenvalue weighted by molar-refractivity contribution is 5.36. The number of hydrogen-bond acceptors (Lipinski definition) is 4. The fourth-order valence-corrected chi connectivity index (χ4v) is 3.47. The van der Waals surface area contributed by atoms with E-state index in [0.29, 0.717) is 17.9 Å². The van der Waals surface area contributed by atoms with Gasteiger partial charge in [0.25, 0.3) is 5.56 Å². The standard InChI is InChI=1S/C20H28N4O/c1-16(8-9-17-6-4-3-5-7-17)22-18-10-13-24(14-11-18)19-20(25)23(2)15-12-21-19/h3-7,12,15-16,18,22H,8-11,13-14H2,1-2H3/t16-/m0/s1. The molecule has 0 amide bonds. The number of anilines is 1. The normalized spacial score (nSPS) is 16.8. The molecule has 0 aliphatic carbocycles. The van der Waals surface area contributed by atoms with E-state index in [2.05, 4.69) is 52.5 Å². The minimum atomic E-state index is -0.00913. The Morgan fingerprint density at radius 3 is 2.68 bits per heavy atom. The number of aryl methyl sites for hydroxylation is 2. The highest BCUT2D eigenvalue weighted by atomic mass is 16.1. The predicted octanol–water partition coefficient (Wildman–Crippen LogP) is 2.36. The minimum absolute atomic E-state index is 0.00913. The largest absolute Gasteiger partial charge is 0.352 e. The highest BCUT2D eigenvalue weighted by Crippen LogP contribution is 2.16. The first kappa shape index (κ1) is 17.7. The Labute approximate surface area is 149 Å². The molecule has 1 aliphatic rings. The van der Waals surface area contributed by atoms with Crippen molar-refractivity contribution in [2.24, 2.45) is 7.05 Å². The van der Waals surface area contributed by atoms with Crippen LogP contribution in [-0.2, 0) is 13.5 Å². The van der Waals surface area contributed by atoms with Crippen LogP contribution in [0.4, 0.5) is 5.82 Å². The summed E-state index contributed by atoms with van der Waals surface area (Å²) in [5.41, 5.74) is 1.39. The van der Waals surface area contributed by atoms with Gasteiger partial charge in [-0.3, -0.25) is 4.79 Å². The Hall–Kier alpha value is -2.14. The average Bonchev–Trinajstić information content (AvgIpc) is 2.64. The zero-order valence-corrected chi connectivity index (χ0v) is 15.2. The first-order chi connectivity index (χ1) is 12.1. The zero-order chi connectivity index (χ0) is 17.6. The van der Waals surface area contributed by atoms with E-state index in [0.717, 1.165) is 38.8 Å². The monoisotopic (exact) mass is 340 g/mol. The number of rotatable bonds is 6. The first-order valence-electron chi connectivity index (χ1n) is 9.20. The number of benzene rings is 1. The van der Waals surface area contributed by atoms with Gasteiger partial charge in [0.05, 0.1) is 0 Å². The second kappa shape index (κ2) is 8.30. The number of nitrogens with zero attached hydrogens (tertiary/aromatic N) is 3. The van der Waals surface area contributed by atoms with Crippen LogP contribution in [0, 0.1) is 0 Å². The Kier molecular flexibility index (Phi) is 5.87. The lowest BCUT2D eigenvalue weighted by Crippen LogP contribution is -2.47. The van der Waals surface area contributed by atoms with Crippen molar-refractivity contribution >= 4 is 5.82 Å². The maximum absolute atomic E-state index is 12.2. The summed E-state index contributed by atoms with van der Waals surface area (Å²) in [4.78, 5) is 18.6. The van der Waals surface area contributed by atoms with Gasteiger partial charge >= 0.3 is 0 Å². The molecule has 5 nitrogen and oxygen atoms in total. The molecule has 1 aliphatic heterocycles. The molecule has 0 bridgehead atoms. The van der Waals surface area contributed by atoms with E-state index in [1.54, 1.807) is 24.0 Å². The highest BCUT2D eigenvalue weighted by Gasteiger charge is 2.22. The van der Waals surface area contributed by atoms with E-state index in [1.807, 2.05) is 0 Å². The van der Waals surface area contributed by atoms with Crippen molar-refractivity contribution in [3.8, 4) is 0 Å². The molecule has 1 saturated heterocycles. The van der Waals surface area contributed by atoms with E-state index in [1.165, 1.54) is 5.56 Å². The topological polar surface area (TPSA) is 50.2 Å². The molecule has 134 valence electrons. The van der Waals surface area contributed by atoms with Crippen molar-refractivity contribution in [2.45, 2.75) is 44.7 Å². The molecule has 1 atom stereocenters. The van der Waals surface area contributed by atoms with Crippen molar-refractivity contribution in [1.82, 2.24) is 14.9 Å². The third-order valence-electron chi connectivity index (χ3n) is 5.02. The van der Waals surface area contributed by atoms with Gasteiger partial charge in [0.15, 0.2) is 5.82 Å². The van der Waals surface area contributed by atoms with Crippen molar-refractivity contribution < 1.29 is 0 Å². The van der Waals surface area contributed by atoms with E-state index in [9.17, 15) is 4.79 Å². The lowest BCUT2D eigenvalue weighted by Gasteiger charge is -2.34. The molecule has 1 fully saturated rings. The molecule has 0 unspecified atom stereocenters. The lowest BCUT2D eigenvalue weighted by molar-refractivity contribution is 0.365. The van der Waals surface area contributed by atoms with Crippen LogP contribution in [0.25, 0.3) is 0 Å². The van der Waals surface area contributed by atoms with Gasteiger partial charge in [-0.1, -0.05) is 30.3 Å². The molecule has 5 heteroatoms. The fraction of sp³-hybridized carbons (Fsp3) is 0.500. The summed E-state index contributed by atoms with van der Waals surface area (Å²) < 4.78 is 1.60. The van der Waals surface area contributed by atoms with Gasteiger partial charge in [0.1, 0.15) is 0 Å².